The lowest BCUT2D eigenvalue weighted by atomic mass is 10.2. The third-order valence-corrected chi connectivity index (χ3v) is 4.89. The number of anilines is 1. The molecule has 2 aromatic carbocycles. The molecule has 0 aliphatic rings. The van der Waals surface area contributed by atoms with E-state index in [0.717, 1.165) is 10.4 Å². The molecule has 0 fully saturated rings. The predicted octanol–water partition coefficient (Wildman–Crippen LogP) is 6.07. The van der Waals surface area contributed by atoms with Crippen molar-refractivity contribution in [3.8, 4) is 11.5 Å². The van der Waals surface area contributed by atoms with Crippen molar-refractivity contribution in [2.45, 2.75) is 13.5 Å². The van der Waals surface area contributed by atoms with Crippen LogP contribution in [0.15, 0.2) is 42.6 Å². The Hall–Kier alpha value is -2.35. The van der Waals surface area contributed by atoms with Crippen molar-refractivity contribution in [1.29, 1.82) is 0 Å². The van der Waals surface area contributed by atoms with Gasteiger partial charge >= 0.3 is 0 Å². The molecule has 9 heteroatoms. The van der Waals surface area contributed by atoms with Gasteiger partial charge in [0, 0.05) is 28.9 Å². The van der Waals surface area contributed by atoms with E-state index in [1.165, 1.54) is 23.5 Å². The number of aryl methyl sites for hydroxylation is 1. The summed E-state index contributed by atoms with van der Waals surface area (Å²) in [6.45, 7) is 2.29. The van der Waals surface area contributed by atoms with E-state index in [1.807, 2.05) is 19.1 Å². The zero-order valence-electron chi connectivity index (χ0n) is 13.5. The fraction of sp³-hybridized carbons (Fsp3) is 0.118. The molecule has 1 aromatic heterocycles. The van der Waals surface area contributed by atoms with Crippen LogP contribution in [0.4, 0.5) is 11.4 Å². The molecule has 0 aliphatic heterocycles. The molecular formula is C17H13Cl2N3O3S. The molecule has 0 amide bonds. The second-order valence-corrected chi connectivity index (χ2v) is 7.50. The summed E-state index contributed by atoms with van der Waals surface area (Å²) < 4.78 is 6.26. The van der Waals surface area contributed by atoms with Crippen LogP contribution in [0.25, 0.3) is 0 Å². The number of halogens is 2. The summed E-state index contributed by atoms with van der Waals surface area (Å²) in [5.41, 5.74) is 1.29. The van der Waals surface area contributed by atoms with Gasteiger partial charge < -0.3 is 10.1 Å². The molecule has 0 spiro atoms. The smallest absolute Gasteiger partial charge is 0.275 e. The lowest BCUT2D eigenvalue weighted by Gasteiger charge is -2.12. The van der Waals surface area contributed by atoms with Crippen molar-refractivity contribution in [3.05, 3.63) is 72.6 Å². The number of hydrogen-bond acceptors (Lipinski definition) is 6. The Bertz CT molecular complexity index is 942. The highest BCUT2D eigenvalue weighted by molar-refractivity contribution is 7.15. The van der Waals surface area contributed by atoms with Crippen LogP contribution in [0, 0.1) is 17.0 Å². The lowest BCUT2D eigenvalue weighted by Crippen LogP contribution is -2.00. The molecule has 0 radical (unpaired) electrons. The molecule has 3 rings (SSSR count). The van der Waals surface area contributed by atoms with Gasteiger partial charge in [0.1, 0.15) is 11.5 Å². The number of hydrogen-bond donors (Lipinski definition) is 1. The summed E-state index contributed by atoms with van der Waals surface area (Å²) in [5, 5.41) is 14.8. The predicted molar refractivity (Wildman–Crippen MR) is 104 cm³/mol. The molecule has 0 saturated carbocycles. The third kappa shape index (κ3) is 4.43. The molecule has 1 heterocycles. The minimum atomic E-state index is -0.471. The minimum absolute atomic E-state index is 0.0861. The Labute approximate surface area is 163 Å². The number of benzene rings is 2. The van der Waals surface area contributed by atoms with E-state index in [0.29, 0.717) is 33.2 Å². The van der Waals surface area contributed by atoms with Gasteiger partial charge in [0.15, 0.2) is 4.47 Å². The van der Waals surface area contributed by atoms with Crippen LogP contribution in [0.2, 0.25) is 9.49 Å². The zero-order chi connectivity index (χ0) is 18.7. The number of ether oxygens (including phenoxy) is 1. The van der Waals surface area contributed by atoms with Crippen LogP contribution >= 0.6 is 34.5 Å². The monoisotopic (exact) mass is 409 g/mol. The van der Waals surface area contributed by atoms with Crippen molar-refractivity contribution in [2.75, 3.05) is 5.32 Å². The SMILES string of the molecule is Cc1cccc(Cl)c1Oc1cc(NCc2cnc(Cl)s2)cc([N+](=O)[O-])c1. The standard InChI is InChI=1S/C17H13Cl2N3O3S/c1-10-3-2-4-15(18)16(10)25-13-6-11(5-12(7-13)22(23)24)20-8-14-9-21-17(19)26-14/h2-7,9,20H,8H2,1H3. The Kier molecular flexibility index (Phi) is 5.61. The van der Waals surface area contributed by atoms with E-state index in [1.54, 1.807) is 18.3 Å². The summed E-state index contributed by atoms with van der Waals surface area (Å²) in [5.74, 6) is 0.787. The molecule has 6 nitrogen and oxygen atoms in total. The summed E-state index contributed by atoms with van der Waals surface area (Å²) in [7, 11) is 0. The van der Waals surface area contributed by atoms with Gasteiger partial charge in [-0.15, -0.1) is 11.3 Å². The van der Waals surface area contributed by atoms with Gasteiger partial charge in [0.25, 0.3) is 5.69 Å². The van der Waals surface area contributed by atoms with Gasteiger partial charge in [-0.1, -0.05) is 35.3 Å². The van der Waals surface area contributed by atoms with Gasteiger partial charge in [0.05, 0.1) is 22.6 Å². The summed E-state index contributed by atoms with van der Waals surface area (Å²) in [4.78, 5) is 15.6. The lowest BCUT2D eigenvalue weighted by molar-refractivity contribution is -0.384. The third-order valence-electron chi connectivity index (χ3n) is 3.48. The number of rotatable bonds is 6. The number of non-ortho nitro benzene ring substituents is 1. The first kappa shape index (κ1) is 18.4. The van der Waals surface area contributed by atoms with E-state index in [4.69, 9.17) is 27.9 Å². The summed E-state index contributed by atoms with van der Waals surface area (Å²) in [6, 6.07) is 9.84. The van der Waals surface area contributed by atoms with Gasteiger partial charge in [-0.2, -0.15) is 0 Å². The van der Waals surface area contributed by atoms with Crippen LogP contribution in [0.1, 0.15) is 10.4 Å². The maximum absolute atomic E-state index is 11.2. The van der Waals surface area contributed by atoms with Crippen LogP contribution < -0.4 is 10.1 Å². The van der Waals surface area contributed by atoms with Crippen LogP contribution in [-0.4, -0.2) is 9.91 Å². The maximum Gasteiger partial charge on any atom is 0.275 e. The normalized spacial score (nSPS) is 10.6. The Balaban J connectivity index is 1.87. The molecular weight excluding hydrogens is 397 g/mol. The fourth-order valence-corrected chi connectivity index (χ4v) is 3.45. The zero-order valence-corrected chi connectivity index (χ0v) is 15.9. The average Bonchev–Trinajstić information content (AvgIpc) is 3.02. The minimum Gasteiger partial charge on any atom is -0.455 e. The first-order chi connectivity index (χ1) is 12.4. The van der Waals surface area contributed by atoms with Crippen molar-refractivity contribution in [3.63, 3.8) is 0 Å². The maximum atomic E-state index is 11.2. The van der Waals surface area contributed by atoms with Crippen LogP contribution in [0.3, 0.4) is 0 Å². The number of nitro benzene ring substituents is 1. The fourth-order valence-electron chi connectivity index (χ4n) is 2.27. The topological polar surface area (TPSA) is 77.3 Å². The van der Waals surface area contributed by atoms with Crippen molar-refractivity contribution in [1.82, 2.24) is 4.98 Å². The van der Waals surface area contributed by atoms with Gasteiger partial charge in [-0.25, -0.2) is 4.98 Å². The van der Waals surface area contributed by atoms with E-state index >= 15 is 0 Å². The largest absolute Gasteiger partial charge is 0.455 e. The molecule has 0 atom stereocenters. The van der Waals surface area contributed by atoms with Gasteiger partial charge in [0.2, 0.25) is 0 Å². The van der Waals surface area contributed by atoms with Crippen LogP contribution in [0.5, 0.6) is 11.5 Å². The second-order valence-electron chi connectivity index (χ2n) is 5.39. The number of nitro groups is 1. The summed E-state index contributed by atoms with van der Waals surface area (Å²) >= 11 is 13.3. The van der Waals surface area contributed by atoms with E-state index in [2.05, 4.69) is 10.3 Å². The van der Waals surface area contributed by atoms with Crippen molar-refractivity contribution < 1.29 is 9.66 Å². The first-order valence-corrected chi connectivity index (χ1v) is 9.06. The quantitative estimate of drug-likeness (QED) is 0.394. The number of aromatic nitrogens is 1. The molecule has 0 bridgehead atoms. The Morgan fingerprint density at radius 1 is 1.31 bits per heavy atom. The number of para-hydroxylation sites is 1. The number of thiazole rings is 1. The second kappa shape index (κ2) is 7.90. The number of nitrogens with zero attached hydrogens (tertiary/aromatic N) is 2. The molecule has 1 N–H and O–H groups in total. The molecule has 134 valence electrons. The Morgan fingerprint density at radius 2 is 2.12 bits per heavy atom. The van der Waals surface area contributed by atoms with E-state index in [-0.39, 0.29) is 5.69 Å². The average molecular weight is 410 g/mol. The molecule has 0 aliphatic carbocycles. The highest BCUT2D eigenvalue weighted by Crippen LogP contribution is 2.35. The van der Waals surface area contributed by atoms with E-state index < -0.39 is 4.92 Å². The molecule has 0 unspecified atom stereocenters. The van der Waals surface area contributed by atoms with Crippen LogP contribution in [-0.2, 0) is 6.54 Å². The summed E-state index contributed by atoms with van der Waals surface area (Å²) in [6.07, 6.45) is 1.65. The van der Waals surface area contributed by atoms with Crippen molar-refractivity contribution >= 4 is 45.9 Å². The van der Waals surface area contributed by atoms with Gasteiger partial charge in [-0.05, 0) is 18.6 Å². The van der Waals surface area contributed by atoms with Gasteiger partial charge in [-0.3, -0.25) is 10.1 Å². The molecule has 0 saturated heterocycles. The molecule has 26 heavy (non-hydrogen) atoms. The highest BCUT2D eigenvalue weighted by atomic mass is 35.5. The first-order valence-electron chi connectivity index (χ1n) is 7.49. The van der Waals surface area contributed by atoms with E-state index in [9.17, 15) is 10.1 Å². The number of nitrogens with one attached hydrogen (secondary N) is 1. The Morgan fingerprint density at radius 3 is 2.77 bits per heavy atom. The highest BCUT2D eigenvalue weighted by Gasteiger charge is 2.14. The van der Waals surface area contributed by atoms with Crippen molar-refractivity contribution in [2.24, 2.45) is 0 Å². The molecule has 3 aromatic rings.